The zero-order valence-electron chi connectivity index (χ0n) is 16.2. The van der Waals surface area contributed by atoms with Gasteiger partial charge in [0.2, 0.25) is 5.91 Å². The number of fused-ring (bicyclic) bond motifs is 1. The zero-order valence-corrected chi connectivity index (χ0v) is 17.0. The highest BCUT2D eigenvalue weighted by Gasteiger charge is 2.69. The number of aliphatic imine (C=N–C) groups is 1. The first-order chi connectivity index (χ1) is 14.4. The maximum atomic E-state index is 12.7. The average molecular weight is 453 g/mol. The molecule has 2 heterocycles. The van der Waals surface area contributed by atoms with E-state index in [4.69, 9.17) is 0 Å². The number of carbonyl (C=O) groups is 4. The fraction of sp³-hybridized carbons (Fsp3) is 0.389. The summed E-state index contributed by atoms with van der Waals surface area (Å²) in [4.78, 5) is 51.9. The predicted octanol–water partition coefficient (Wildman–Crippen LogP) is -1.33. The number of carbonyl (C=O) groups excluding carboxylic acids is 3. The molecule has 0 radical (unpaired) electrons. The van der Waals surface area contributed by atoms with Gasteiger partial charge in [-0.05, 0) is 25.1 Å². The monoisotopic (exact) mass is 453 g/mol. The van der Waals surface area contributed by atoms with Crippen molar-refractivity contribution in [2.24, 2.45) is 4.99 Å². The molecule has 1 aromatic rings. The Morgan fingerprint density at radius 3 is 2.55 bits per heavy atom. The smallest absolute Gasteiger partial charge is 0.328 e. The van der Waals surface area contributed by atoms with Gasteiger partial charge < -0.3 is 25.5 Å². The van der Waals surface area contributed by atoms with Crippen LogP contribution in [0.15, 0.2) is 23.2 Å². The minimum absolute atomic E-state index is 0.00495. The molecule has 3 rings (SSSR count). The van der Waals surface area contributed by atoms with E-state index in [-0.39, 0.29) is 12.0 Å². The summed E-state index contributed by atoms with van der Waals surface area (Å²) in [6.07, 6.45) is 0.567. The molecule has 2 aliphatic rings. The number of aliphatic carboxylic acids is 1. The van der Waals surface area contributed by atoms with Crippen LogP contribution in [0.25, 0.3) is 0 Å². The van der Waals surface area contributed by atoms with Crippen molar-refractivity contribution in [3.05, 3.63) is 23.8 Å². The lowest BCUT2D eigenvalue weighted by Gasteiger charge is -2.35. The molecule has 0 spiro atoms. The summed E-state index contributed by atoms with van der Waals surface area (Å²) < 4.78 is 23.4. The number of nitrogens with zero attached hydrogens (tertiary/aromatic N) is 2. The lowest BCUT2D eigenvalue weighted by atomic mass is 9.97. The minimum atomic E-state index is -4.07. The van der Waals surface area contributed by atoms with Gasteiger partial charge in [-0.3, -0.25) is 19.4 Å². The molecule has 0 bridgehead atoms. The first-order valence-corrected chi connectivity index (χ1v) is 10.5. The Kier molecular flexibility index (Phi) is 5.48. The molecule has 2 amide bonds. The quantitative estimate of drug-likeness (QED) is 0.220. The molecular weight excluding hydrogens is 434 g/mol. The zero-order chi connectivity index (χ0) is 23.1. The SMILES string of the molecule is C[C@]1(C=NCC(=O)CNC(=O)c2ccc(O)c(O)c2)[C@H](C(=O)O)N2C(=O)C[C@H]2S1(=O)=O. The van der Waals surface area contributed by atoms with Gasteiger partial charge in [0.1, 0.15) is 10.1 Å². The van der Waals surface area contributed by atoms with Crippen LogP contribution in [0.3, 0.4) is 0 Å². The molecule has 0 aliphatic carbocycles. The number of phenols is 2. The Balaban J connectivity index is 1.64. The molecule has 12 nitrogen and oxygen atoms in total. The number of aromatic hydroxyl groups is 2. The van der Waals surface area contributed by atoms with E-state index < -0.39 is 74.2 Å². The van der Waals surface area contributed by atoms with Crippen LogP contribution in [0.2, 0.25) is 0 Å². The molecule has 0 saturated carbocycles. The van der Waals surface area contributed by atoms with Crippen LogP contribution in [0.5, 0.6) is 11.5 Å². The van der Waals surface area contributed by atoms with E-state index in [2.05, 4.69) is 10.3 Å². The molecule has 0 unspecified atom stereocenters. The van der Waals surface area contributed by atoms with Crippen molar-refractivity contribution in [2.75, 3.05) is 13.1 Å². The first kappa shape index (κ1) is 22.2. The summed E-state index contributed by atoms with van der Waals surface area (Å²) in [5.41, 5.74) is -0.00495. The Labute approximate surface area is 176 Å². The number of benzene rings is 1. The lowest BCUT2D eigenvalue weighted by Crippen LogP contribution is -2.57. The van der Waals surface area contributed by atoms with Crippen LogP contribution < -0.4 is 5.32 Å². The number of β-lactam (4-membered cyclic amide) rings is 1. The Hall–Kier alpha value is -3.48. The molecule has 4 N–H and O–H groups in total. The van der Waals surface area contributed by atoms with E-state index in [1.54, 1.807) is 0 Å². The summed E-state index contributed by atoms with van der Waals surface area (Å²) >= 11 is 0. The average Bonchev–Trinajstić information content (AvgIpc) is 2.83. The number of sulfone groups is 1. The number of ketones is 1. The van der Waals surface area contributed by atoms with E-state index >= 15 is 0 Å². The van der Waals surface area contributed by atoms with Crippen molar-refractivity contribution in [1.29, 1.82) is 0 Å². The largest absolute Gasteiger partial charge is 0.504 e. The molecule has 3 atom stereocenters. The third-order valence-electron chi connectivity index (χ3n) is 5.27. The number of Topliss-reactive ketones (excluding diaryl/α,β-unsaturated/α-hetero) is 1. The maximum absolute atomic E-state index is 12.7. The van der Waals surface area contributed by atoms with Crippen molar-refractivity contribution in [3.63, 3.8) is 0 Å². The summed E-state index contributed by atoms with van der Waals surface area (Å²) in [7, 11) is -4.07. The Morgan fingerprint density at radius 1 is 1.29 bits per heavy atom. The summed E-state index contributed by atoms with van der Waals surface area (Å²) in [6, 6.07) is 1.70. The van der Waals surface area contributed by atoms with Gasteiger partial charge >= 0.3 is 5.97 Å². The molecule has 2 fully saturated rings. The first-order valence-electron chi connectivity index (χ1n) is 9.00. The van der Waals surface area contributed by atoms with Gasteiger partial charge in [0.25, 0.3) is 5.91 Å². The van der Waals surface area contributed by atoms with Gasteiger partial charge in [0.15, 0.2) is 33.2 Å². The van der Waals surface area contributed by atoms with Crippen molar-refractivity contribution >= 4 is 39.6 Å². The second-order valence-electron chi connectivity index (χ2n) is 7.32. The van der Waals surface area contributed by atoms with Crippen molar-refractivity contribution in [2.45, 2.75) is 29.5 Å². The molecule has 0 aromatic heterocycles. The number of carboxylic acids is 1. The molecule has 2 aliphatic heterocycles. The van der Waals surface area contributed by atoms with Crippen molar-refractivity contribution in [3.8, 4) is 11.5 Å². The van der Waals surface area contributed by atoms with E-state index in [0.29, 0.717) is 0 Å². The second-order valence-corrected chi connectivity index (χ2v) is 9.84. The lowest BCUT2D eigenvalue weighted by molar-refractivity contribution is -0.156. The number of amides is 2. The van der Waals surface area contributed by atoms with Crippen LogP contribution in [0.4, 0.5) is 0 Å². The topological polar surface area (TPSA) is 191 Å². The van der Waals surface area contributed by atoms with Gasteiger partial charge in [0.05, 0.1) is 19.5 Å². The number of phenolic OH excluding ortho intramolecular Hbond substituents is 2. The summed E-state index contributed by atoms with van der Waals surface area (Å²) in [5.74, 6) is -4.31. The normalized spacial score (nSPS) is 26.4. The highest BCUT2D eigenvalue weighted by molar-refractivity contribution is 7.94. The predicted molar refractivity (Wildman–Crippen MR) is 104 cm³/mol. The van der Waals surface area contributed by atoms with Gasteiger partial charge in [0, 0.05) is 11.8 Å². The summed E-state index contributed by atoms with van der Waals surface area (Å²) in [5, 5.41) is 29.2. The number of hydrogen-bond donors (Lipinski definition) is 4. The van der Waals surface area contributed by atoms with Crippen LogP contribution >= 0.6 is 0 Å². The highest BCUT2D eigenvalue weighted by Crippen LogP contribution is 2.45. The van der Waals surface area contributed by atoms with Crippen LogP contribution in [-0.4, -0.2) is 87.7 Å². The molecule has 2 saturated heterocycles. The van der Waals surface area contributed by atoms with Crippen LogP contribution in [-0.2, 0) is 24.2 Å². The third kappa shape index (κ3) is 3.60. The molecule has 13 heteroatoms. The van der Waals surface area contributed by atoms with Gasteiger partial charge in [-0.25, -0.2) is 13.2 Å². The van der Waals surface area contributed by atoms with Gasteiger partial charge in [-0.1, -0.05) is 0 Å². The van der Waals surface area contributed by atoms with E-state index in [1.165, 1.54) is 6.07 Å². The standard InChI is InChI=1S/C18H19N3O9S/c1-18(15(17(27)28)21-13(25)5-14(21)31(18,29)30)8-19-6-10(22)7-20-16(26)9-2-3-11(23)12(24)4-9/h2-4,8,14-15,23-24H,5-7H2,1H3,(H,20,26)(H,27,28)/t14-,15+,18+/m1/s1. The molecule has 31 heavy (non-hydrogen) atoms. The highest BCUT2D eigenvalue weighted by atomic mass is 32.2. The van der Waals surface area contributed by atoms with E-state index in [0.717, 1.165) is 30.2 Å². The molecule has 166 valence electrons. The van der Waals surface area contributed by atoms with Crippen molar-refractivity contribution in [1.82, 2.24) is 10.2 Å². The van der Waals surface area contributed by atoms with Gasteiger partial charge in [-0.2, -0.15) is 0 Å². The second kappa shape index (κ2) is 7.65. The van der Waals surface area contributed by atoms with Crippen molar-refractivity contribution < 1.29 is 42.9 Å². The Morgan fingerprint density at radius 2 is 1.97 bits per heavy atom. The number of carboxylic acid groups (broad SMARTS) is 1. The number of rotatable bonds is 7. The third-order valence-corrected chi connectivity index (χ3v) is 7.94. The summed E-state index contributed by atoms with van der Waals surface area (Å²) in [6.45, 7) is 0.147. The van der Waals surface area contributed by atoms with Crippen LogP contribution in [0.1, 0.15) is 23.7 Å². The van der Waals surface area contributed by atoms with E-state index in [9.17, 15) is 42.9 Å². The minimum Gasteiger partial charge on any atom is -0.504 e. The van der Waals surface area contributed by atoms with Crippen LogP contribution in [0, 0.1) is 0 Å². The van der Waals surface area contributed by atoms with E-state index in [1.807, 2.05) is 0 Å². The molecule has 1 aromatic carbocycles. The number of hydrogen-bond acceptors (Lipinski definition) is 9. The van der Waals surface area contributed by atoms with Gasteiger partial charge in [-0.15, -0.1) is 0 Å². The molecular formula is C18H19N3O9S. The number of nitrogens with one attached hydrogen (secondary N) is 1. The fourth-order valence-electron chi connectivity index (χ4n) is 3.53. The fourth-order valence-corrected chi connectivity index (χ4v) is 5.77. The maximum Gasteiger partial charge on any atom is 0.328 e. The Bertz CT molecular complexity index is 1110.